The van der Waals surface area contributed by atoms with E-state index in [4.69, 9.17) is 4.74 Å². The van der Waals surface area contributed by atoms with Crippen molar-refractivity contribution in [1.29, 1.82) is 0 Å². The summed E-state index contributed by atoms with van der Waals surface area (Å²) in [5.41, 5.74) is 1.82. The summed E-state index contributed by atoms with van der Waals surface area (Å²) in [5.74, 6) is -0.0234. The lowest BCUT2D eigenvalue weighted by Crippen LogP contribution is -2.42. The van der Waals surface area contributed by atoms with E-state index in [1.807, 2.05) is 5.38 Å². The monoisotopic (exact) mass is 335 g/mol. The number of fused-ring (bicyclic) bond motifs is 1. The molecule has 1 N–H and O–H groups in total. The fourth-order valence-corrected chi connectivity index (χ4v) is 4.77. The van der Waals surface area contributed by atoms with Gasteiger partial charge in [-0.1, -0.05) is 19.8 Å². The highest BCUT2D eigenvalue weighted by molar-refractivity contribution is 7.10. The molecule has 0 bridgehead atoms. The van der Waals surface area contributed by atoms with Crippen LogP contribution in [-0.2, 0) is 22.4 Å². The molecule has 0 spiro atoms. The summed E-state index contributed by atoms with van der Waals surface area (Å²) in [6.45, 7) is 2.00. The van der Waals surface area contributed by atoms with Crippen LogP contribution in [0.5, 0.6) is 0 Å². The second-order valence-corrected chi connectivity index (χ2v) is 7.73. The maximum absolute atomic E-state index is 12.2. The maximum Gasteiger partial charge on any atom is 0.339 e. The van der Waals surface area contributed by atoms with Crippen LogP contribution in [0.1, 0.15) is 66.2 Å². The summed E-state index contributed by atoms with van der Waals surface area (Å²) in [6, 6.07) is 0.226. The predicted octanol–water partition coefficient (Wildman–Crippen LogP) is 3.48. The Hall–Kier alpha value is -1.36. The Balaban J connectivity index is 1.50. The van der Waals surface area contributed by atoms with Gasteiger partial charge in [-0.15, -0.1) is 11.3 Å². The maximum atomic E-state index is 12.2. The van der Waals surface area contributed by atoms with Crippen molar-refractivity contribution in [2.75, 3.05) is 6.61 Å². The highest BCUT2D eigenvalue weighted by Crippen LogP contribution is 2.30. The van der Waals surface area contributed by atoms with Crippen LogP contribution in [0.2, 0.25) is 0 Å². The van der Waals surface area contributed by atoms with E-state index in [-0.39, 0.29) is 24.5 Å². The van der Waals surface area contributed by atoms with E-state index in [0.717, 1.165) is 44.1 Å². The van der Waals surface area contributed by atoms with Crippen molar-refractivity contribution >= 4 is 23.2 Å². The van der Waals surface area contributed by atoms with Gasteiger partial charge in [0.2, 0.25) is 0 Å². The summed E-state index contributed by atoms with van der Waals surface area (Å²) >= 11 is 1.64. The zero-order valence-corrected chi connectivity index (χ0v) is 14.5. The van der Waals surface area contributed by atoms with Crippen molar-refractivity contribution in [1.82, 2.24) is 5.32 Å². The smallest absolute Gasteiger partial charge is 0.339 e. The summed E-state index contributed by atoms with van der Waals surface area (Å²) in [5, 5.41) is 4.91. The zero-order valence-electron chi connectivity index (χ0n) is 13.7. The molecular weight excluding hydrogens is 310 g/mol. The minimum Gasteiger partial charge on any atom is -0.452 e. The van der Waals surface area contributed by atoms with Gasteiger partial charge in [-0.05, 0) is 50.0 Å². The third kappa shape index (κ3) is 3.94. The Morgan fingerprint density at radius 1 is 1.22 bits per heavy atom. The van der Waals surface area contributed by atoms with Gasteiger partial charge in [0.05, 0.1) is 5.56 Å². The van der Waals surface area contributed by atoms with E-state index in [1.54, 1.807) is 11.3 Å². The molecule has 1 fully saturated rings. The van der Waals surface area contributed by atoms with E-state index in [2.05, 4.69) is 12.2 Å². The standard InChI is InChI=1S/C18H25NO3S/c1-12-6-2-4-8-15(12)19-17(20)10-22-18(21)14-11-23-16-9-5-3-7-13(14)16/h11-12,15H,2-10H2,1H3,(H,19,20)/t12-,15-/m1/s1. The number of amides is 1. The molecule has 3 rings (SSSR count). The Morgan fingerprint density at radius 3 is 2.83 bits per heavy atom. The van der Waals surface area contributed by atoms with Gasteiger partial charge in [0.25, 0.3) is 5.91 Å². The van der Waals surface area contributed by atoms with E-state index in [9.17, 15) is 9.59 Å². The Kier molecular flexibility index (Phi) is 5.36. The van der Waals surface area contributed by atoms with Crippen LogP contribution in [0.15, 0.2) is 5.38 Å². The van der Waals surface area contributed by atoms with Gasteiger partial charge in [-0.2, -0.15) is 0 Å². The van der Waals surface area contributed by atoms with E-state index < -0.39 is 0 Å². The molecule has 2 aliphatic carbocycles. The summed E-state index contributed by atoms with van der Waals surface area (Å²) in [4.78, 5) is 25.6. The molecule has 0 saturated heterocycles. The molecule has 126 valence electrons. The zero-order chi connectivity index (χ0) is 16.2. The molecule has 5 heteroatoms. The van der Waals surface area contributed by atoms with Gasteiger partial charge >= 0.3 is 5.97 Å². The van der Waals surface area contributed by atoms with E-state index in [1.165, 1.54) is 17.7 Å². The van der Waals surface area contributed by atoms with Crippen LogP contribution < -0.4 is 5.32 Å². The molecule has 1 saturated carbocycles. The highest BCUT2D eigenvalue weighted by Gasteiger charge is 2.24. The van der Waals surface area contributed by atoms with Crippen molar-refractivity contribution in [2.24, 2.45) is 5.92 Å². The summed E-state index contributed by atoms with van der Waals surface area (Å²) < 4.78 is 5.25. The molecule has 2 aliphatic rings. The number of rotatable bonds is 4. The topological polar surface area (TPSA) is 55.4 Å². The number of carbonyl (C=O) groups excluding carboxylic acids is 2. The molecule has 2 atom stereocenters. The Labute approximate surface area is 141 Å². The van der Waals surface area contributed by atoms with Crippen LogP contribution in [0, 0.1) is 5.92 Å². The third-order valence-electron chi connectivity index (χ3n) is 5.07. The largest absolute Gasteiger partial charge is 0.452 e. The molecule has 1 amide bonds. The first-order chi connectivity index (χ1) is 11.1. The molecule has 0 unspecified atom stereocenters. The summed E-state index contributed by atoms with van der Waals surface area (Å²) in [7, 11) is 0. The number of nitrogens with one attached hydrogen (secondary N) is 1. The molecule has 23 heavy (non-hydrogen) atoms. The van der Waals surface area contributed by atoms with E-state index in [0.29, 0.717) is 11.5 Å². The second kappa shape index (κ2) is 7.47. The van der Waals surface area contributed by atoms with Crippen molar-refractivity contribution in [3.05, 3.63) is 21.4 Å². The number of carbonyl (C=O) groups is 2. The fraction of sp³-hybridized carbons (Fsp3) is 0.667. The highest BCUT2D eigenvalue weighted by atomic mass is 32.1. The molecule has 1 aromatic heterocycles. The molecule has 0 radical (unpaired) electrons. The predicted molar refractivity (Wildman–Crippen MR) is 90.8 cm³/mol. The van der Waals surface area contributed by atoms with Crippen LogP contribution >= 0.6 is 11.3 Å². The summed E-state index contributed by atoms with van der Waals surface area (Å²) in [6.07, 6.45) is 8.93. The average Bonchev–Trinajstić information content (AvgIpc) is 2.99. The van der Waals surface area contributed by atoms with Crippen molar-refractivity contribution in [3.63, 3.8) is 0 Å². The molecule has 1 heterocycles. The van der Waals surface area contributed by atoms with Crippen LogP contribution in [0.4, 0.5) is 0 Å². The number of ether oxygens (including phenoxy) is 1. The van der Waals surface area contributed by atoms with Gasteiger partial charge in [0.1, 0.15) is 0 Å². The number of hydrogen-bond donors (Lipinski definition) is 1. The first-order valence-corrected chi connectivity index (χ1v) is 9.59. The van der Waals surface area contributed by atoms with Crippen molar-refractivity contribution < 1.29 is 14.3 Å². The number of hydrogen-bond acceptors (Lipinski definition) is 4. The number of thiophene rings is 1. The van der Waals surface area contributed by atoms with Crippen LogP contribution in [-0.4, -0.2) is 24.5 Å². The molecule has 1 aromatic rings. The lowest BCUT2D eigenvalue weighted by atomic mass is 9.86. The van der Waals surface area contributed by atoms with Gasteiger partial charge in [-0.25, -0.2) is 4.79 Å². The minimum atomic E-state index is -0.351. The quantitative estimate of drug-likeness (QED) is 0.857. The van der Waals surface area contributed by atoms with Gasteiger partial charge in [0.15, 0.2) is 6.61 Å². The molecule has 0 aliphatic heterocycles. The molecule has 4 nitrogen and oxygen atoms in total. The SMILES string of the molecule is C[C@@H]1CCCC[C@H]1NC(=O)COC(=O)c1csc2c1CCCC2. The van der Waals surface area contributed by atoms with Gasteiger partial charge in [-0.3, -0.25) is 4.79 Å². The Morgan fingerprint density at radius 2 is 2.00 bits per heavy atom. The van der Waals surface area contributed by atoms with E-state index >= 15 is 0 Å². The van der Waals surface area contributed by atoms with Crippen LogP contribution in [0.3, 0.4) is 0 Å². The molecule has 0 aromatic carbocycles. The molecular formula is C18H25NO3S. The lowest BCUT2D eigenvalue weighted by molar-refractivity contribution is -0.125. The number of esters is 1. The van der Waals surface area contributed by atoms with Crippen molar-refractivity contribution in [2.45, 2.75) is 64.3 Å². The lowest BCUT2D eigenvalue weighted by Gasteiger charge is -2.29. The normalized spacial score (nSPS) is 23.9. The second-order valence-electron chi connectivity index (χ2n) is 6.77. The van der Waals surface area contributed by atoms with Gasteiger partial charge in [0, 0.05) is 16.3 Å². The van der Waals surface area contributed by atoms with Crippen molar-refractivity contribution in [3.8, 4) is 0 Å². The van der Waals surface area contributed by atoms with Crippen LogP contribution in [0.25, 0.3) is 0 Å². The Bertz CT molecular complexity index is 581. The average molecular weight is 335 g/mol. The van der Waals surface area contributed by atoms with Gasteiger partial charge < -0.3 is 10.1 Å². The number of aryl methyl sites for hydroxylation is 1. The third-order valence-corrected chi connectivity index (χ3v) is 6.16. The minimum absolute atomic E-state index is 0.174. The first-order valence-electron chi connectivity index (χ1n) is 8.71. The first kappa shape index (κ1) is 16.5. The fourth-order valence-electron chi connectivity index (χ4n) is 3.65.